The summed E-state index contributed by atoms with van der Waals surface area (Å²) >= 11 is 0. The summed E-state index contributed by atoms with van der Waals surface area (Å²) < 4.78 is 16.9. The van der Waals surface area contributed by atoms with Crippen LogP contribution in [0.25, 0.3) is 11.1 Å². The minimum Gasteiger partial charge on any atom is -0.494 e. The summed E-state index contributed by atoms with van der Waals surface area (Å²) in [5.41, 5.74) is 1.71. The Kier molecular flexibility index (Phi) is 5.46. The van der Waals surface area contributed by atoms with Crippen LogP contribution in [0.1, 0.15) is 31.6 Å². The highest BCUT2D eigenvalue weighted by molar-refractivity contribution is 5.78. The first kappa shape index (κ1) is 18.3. The zero-order valence-corrected chi connectivity index (χ0v) is 16.0. The fraction of sp³-hybridized carbons (Fsp3) is 0.364. The number of hydrogen-bond donors (Lipinski definition) is 0. The molecule has 0 saturated carbocycles. The molecule has 28 heavy (non-hydrogen) atoms. The van der Waals surface area contributed by atoms with Crippen LogP contribution in [0.2, 0.25) is 0 Å². The van der Waals surface area contributed by atoms with Crippen LogP contribution in [-0.4, -0.2) is 42.1 Å². The normalized spacial score (nSPS) is 15.0. The number of ether oxygens (including phenoxy) is 2. The largest absolute Gasteiger partial charge is 0.494 e. The maximum Gasteiger partial charge on any atom is 0.260 e. The van der Waals surface area contributed by atoms with E-state index in [1.54, 1.807) is 0 Å². The number of rotatable bonds is 6. The molecule has 2 heterocycles. The highest BCUT2D eigenvalue weighted by Crippen LogP contribution is 2.30. The third kappa shape index (κ3) is 4.11. The van der Waals surface area contributed by atoms with Gasteiger partial charge in [0.1, 0.15) is 17.0 Å². The number of carbonyl (C=O) groups excluding carboxylic acids is 1. The average molecular weight is 380 g/mol. The molecule has 0 spiro atoms. The SMILES string of the molecule is CCOc1ccc(OCC(=O)N2CCC(c3nc4ccccc4o3)CC2)cc1. The van der Waals surface area contributed by atoms with E-state index in [2.05, 4.69) is 4.98 Å². The molecule has 1 aromatic heterocycles. The van der Waals surface area contributed by atoms with E-state index in [4.69, 9.17) is 13.9 Å². The van der Waals surface area contributed by atoms with Gasteiger partial charge in [-0.15, -0.1) is 0 Å². The standard InChI is InChI=1S/C22H24N2O4/c1-2-26-17-7-9-18(10-8-17)27-15-21(25)24-13-11-16(12-14-24)22-23-19-5-3-4-6-20(19)28-22/h3-10,16H,2,11-15H2,1H3. The van der Waals surface area contributed by atoms with E-state index in [-0.39, 0.29) is 18.4 Å². The molecule has 0 aliphatic carbocycles. The molecule has 0 unspecified atom stereocenters. The third-order valence-corrected chi connectivity index (χ3v) is 5.00. The number of fused-ring (bicyclic) bond motifs is 1. The number of hydrogen-bond acceptors (Lipinski definition) is 5. The second-order valence-corrected chi connectivity index (χ2v) is 6.87. The Hall–Kier alpha value is -3.02. The molecular formula is C22H24N2O4. The molecule has 0 radical (unpaired) electrons. The molecule has 1 fully saturated rings. The van der Waals surface area contributed by atoms with Gasteiger partial charge in [0.15, 0.2) is 18.1 Å². The Morgan fingerprint density at radius 3 is 2.43 bits per heavy atom. The number of nitrogens with zero attached hydrogens (tertiary/aromatic N) is 2. The van der Waals surface area contributed by atoms with Gasteiger partial charge in [0.05, 0.1) is 6.61 Å². The number of piperidine rings is 1. The maximum absolute atomic E-state index is 12.5. The number of benzene rings is 2. The van der Waals surface area contributed by atoms with Crippen molar-refractivity contribution in [2.75, 3.05) is 26.3 Å². The second kappa shape index (κ2) is 8.33. The summed E-state index contributed by atoms with van der Waals surface area (Å²) in [4.78, 5) is 18.9. The summed E-state index contributed by atoms with van der Waals surface area (Å²) in [6.07, 6.45) is 1.70. The van der Waals surface area contributed by atoms with Gasteiger partial charge in [0.25, 0.3) is 5.91 Å². The molecule has 6 nitrogen and oxygen atoms in total. The molecule has 0 N–H and O–H groups in total. The van der Waals surface area contributed by atoms with Crippen LogP contribution in [0.4, 0.5) is 0 Å². The molecule has 1 amide bonds. The third-order valence-electron chi connectivity index (χ3n) is 5.00. The van der Waals surface area contributed by atoms with Gasteiger partial charge in [-0.3, -0.25) is 4.79 Å². The monoisotopic (exact) mass is 380 g/mol. The van der Waals surface area contributed by atoms with Crippen LogP contribution in [-0.2, 0) is 4.79 Å². The molecule has 1 aliphatic heterocycles. The highest BCUT2D eigenvalue weighted by atomic mass is 16.5. The highest BCUT2D eigenvalue weighted by Gasteiger charge is 2.27. The van der Waals surface area contributed by atoms with Crippen LogP contribution in [0.15, 0.2) is 52.9 Å². The number of para-hydroxylation sites is 2. The summed E-state index contributed by atoms with van der Waals surface area (Å²) in [6.45, 7) is 3.99. The molecule has 4 rings (SSSR count). The van der Waals surface area contributed by atoms with Crippen molar-refractivity contribution >= 4 is 17.0 Å². The average Bonchev–Trinajstić information content (AvgIpc) is 3.18. The second-order valence-electron chi connectivity index (χ2n) is 6.87. The Morgan fingerprint density at radius 1 is 1.07 bits per heavy atom. The van der Waals surface area contributed by atoms with Crippen LogP contribution >= 0.6 is 0 Å². The molecule has 0 atom stereocenters. The predicted molar refractivity (Wildman–Crippen MR) is 106 cm³/mol. The van der Waals surface area contributed by atoms with Crippen molar-refractivity contribution in [3.05, 3.63) is 54.4 Å². The van der Waals surface area contributed by atoms with Crippen molar-refractivity contribution in [2.24, 2.45) is 0 Å². The molecule has 146 valence electrons. The number of likely N-dealkylation sites (tertiary alicyclic amines) is 1. The number of carbonyl (C=O) groups is 1. The number of amides is 1. The Balaban J connectivity index is 1.27. The lowest BCUT2D eigenvalue weighted by atomic mass is 9.97. The fourth-order valence-electron chi connectivity index (χ4n) is 3.48. The topological polar surface area (TPSA) is 64.8 Å². The van der Waals surface area contributed by atoms with E-state index < -0.39 is 0 Å². The van der Waals surface area contributed by atoms with E-state index in [1.165, 1.54) is 0 Å². The van der Waals surface area contributed by atoms with E-state index in [1.807, 2.05) is 60.4 Å². The predicted octanol–water partition coefficient (Wildman–Crippen LogP) is 4.01. The van der Waals surface area contributed by atoms with Gasteiger partial charge >= 0.3 is 0 Å². The van der Waals surface area contributed by atoms with Gasteiger partial charge < -0.3 is 18.8 Å². The molecule has 6 heteroatoms. The van der Waals surface area contributed by atoms with E-state index in [0.717, 1.165) is 35.6 Å². The van der Waals surface area contributed by atoms with Gasteiger partial charge in [-0.1, -0.05) is 12.1 Å². The molecule has 2 aromatic carbocycles. The van der Waals surface area contributed by atoms with Crippen molar-refractivity contribution in [2.45, 2.75) is 25.7 Å². The zero-order chi connectivity index (χ0) is 19.3. The molecule has 1 aliphatic rings. The maximum atomic E-state index is 12.5. The van der Waals surface area contributed by atoms with E-state index >= 15 is 0 Å². The Bertz CT molecular complexity index is 894. The van der Waals surface area contributed by atoms with Crippen LogP contribution in [0.3, 0.4) is 0 Å². The fourth-order valence-corrected chi connectivity index (χ4v) is 3.48. The lowest BCUT2D eigenvalue weighted by molar-refractivity contribution is -0.134. The van der Waals surface area contributed by atoms with Crippen LogP contribution in [0.5, 0.6) is 11.5 Å². The molecule has 0 bridgehead atoms. The summed E-state index contributed by atoms with van der Waals surface area (Å²) in [5, 5.41) is 0. The summed E-state index contributed by atoms with van der Waals surface area (Å²) in [5.74, 6) is 2.49. The number of aromatic nitrogens is 1. The van der Waals surface area contributed by atoms with Crippen molar-refractivity contribution in [1.29, 1.82) is 0 Å². The van der Waals surface area contributed by atoms with Gasteiger partial charge in [-0.05, 0) is 56.2 Å². The van der Waals surface area contributed by atoms with E-state index in [9.17, 15) is 4.79 Å². The smallest absolute Gasteiger partial charge is 0.260 e. The van der Waals surface area contributed by atoms with E-state index in [0.29, 0.717) is 25.4 Å². The van der Waals surface area contributed by atoms with Crippen molar-refractivity contribution in [3.63, 3.8) is 0 Å². The quantitative estimate of drug-likeness (QED) is 0.646. The van der Waals surface area contributed by atoms with Gasteiger partial charge in [0, 0.05) is 19.0 Å². The summed E-state index contributed by atoms with van der Waals surface area (Å²) in [6, 6.07) is 15.1. The zero-order valence-electron chi connectivity index (χ0n) is 16.0. The van der Waals surface area contributed by atoms with Crippen molar-refractivity contribution < 1.29 is 18.7 Å². The van der Waals surface area contributed by atoms with Gasteiger partial charge in [0.2, 0.25) is 0 Å². The minimum atomic E-state index is 0.00454. The first-order valence-electron chi connectivity index (χ1n) is 9.72. The van der Waals surface area contributed by atoms with Gasteiger partial charge in [-0.25, -0.2) is 4.98 Å². The van der Waals surface area contributed by atoms with Crippen LogP contribution < -0.4 is 9.47 Å². The van der Waals surface area contributed by atoms with Crippen molar-refractivity contribution in [1.82, 2.24) is 9.88 Å². The number of oxazole rings is 1. The Morgan fingerprint density at radius 2 is 1.75 bits per heavy atom. The van der Waals surface area contributed by atoms with Gasteiger partial charge in [-0.2, -0.15) is 0 Å². The van der Waals surface area contributed by atoms with Crippen LogP contribution in [0, 0.1) is 0 Å². The molecule has 1 saturated heterocycles. The summed E-state index contributed by atoms with van der Waals surface area (Å²) in [7, 11) is 0. The lowest BCUT2D eigenvalue weighted by Gasteiger charge is -2.30. The molecule has 3 aromatic rings. The minimum absolute atomic E-state index is 0.00454. The molecular weight excluding hydrogens is 356 g/mol. The first-order valence-corrected chi connectivity index (χ1v) is 9.72. The first-order chi connectivity index (χ1) is 13.7. The Labute approximate surface area is 164 Å². The van der Waals surface area contributed by atoms with Crippen molar-refractivity contribution in [3.8, 4) is 11.5 Å². The lowest BCUT2D eigenvalue weighted by Crippen LogP contribution is -2.40.